The molecule has 0 aliphatic rings. The fourth-order valence-electron chi connectivity index (χ4n) is 2.33. The summed E-state index contributed by atoms with van der Waals surface area (Å²) in [6, 6.07) is 12.2. The molecule has 2 aromatic rings. The van der Waals surface area contributed by atoms with Crippen LogP contribution in [-0.2, 0) is 14.6 Å². The zero-order chi connectivity index (χ0) is 19.3. The maximum absolute atomic E-state index is 12.4. The number of hydrogen-bond donors (Lipinski definition) is 0. The number of carbonyl (C=O) groups is 2. The standard InChI is InChI=1S/C19H20O6S/c1-4-26(22,23)17-8-6-5-7-16(17)19(21)25-13(2)18(20)14-9-11-15(24-3)12-10-14/h5-13H,4H2,1-3H3/t13-/m0/s1. The van der Waals surface area contributed by atoms with E-state index in [2.05, 4.69) is 0 Å². The molecule has 26 heavy (non-hydrogen) atoms. The Bertz CT molecular complexity index is 900. The van der Waals surface area contributed by atoms with E-state index >= 15 is 0 Å². The Labute approximate surface area is 152 Å². The summed E-state index contributed by atoms with van der Waals surface area (Å²) in [6.07, 6.45) is -1.06. The number of sulfone groups is 1. The fourth-order valence-corrected chi connectivity index (χ4v) is 3.41. The number of Topliss-reactive ketones (excluding diaryl/α,β-unsaturated/α-hetero) is 1. The smallest absolute Gasteiger partial charge is 0.340 e. The average molecular weight is 376 g/mol. The number of esters is 1. The summed E-state index contributed by atoms with van der Waals surface area (Å²) in [5.41, 5.74) is 0.282. The van der Waals surface area contributed by atoms with Gasteiger partial charge in [-0.25, -0.2) is 13.2 Å². The zero-order valence-corrected chi connectivity index (χ0v) is 15.6. The second kappa shape index (κ2) is 8.14. The lowest BCUT2D eigenvalue weighted by molar-refractivity contribution is 0.0315. The van der Waals surface area contributed by atoms with Gasteiger partial charge in [0.25, 0.3) is 0 Å². The van der Waals surface area contributed by atoms with Crippen LogP contribution in [0.25, 0.3) is 0 Å². The molecular weight excluding hydrogens is 356 g/mol. The minimum absolute atomic E-state index is 0.0799. The van der Waals surface area contributed by atoms with Crippen LogP contribution in [0.1, 0.15) is 34.6 Å². The van der Waals surface area contributed by atoms with E-state index in [1.165, 1.54) is 39.2 Å². The van der Waals surface area contributed by atoms with E-state index in [0.717, 1.165) is 0 Å². The third-order valence-electron chi connectivity index (χ3n) is 3.85. The SMILES string of the molecule is CCS(=O)(=O)c1ccccc1C(=O)O[C@@H](C)C(=O)c1ccc(OC)cc1. The van der Waals surface area contributed by atoms with Gasteiger partial charge < -0.3 is 9.47 Å². The third kappa shape index (κ3) is 4.29. The molecular formula is C19H20O6S. The van der Waals surface area contributed by atoms with Crippen LogP contribution in [0.5, 0.6) is 5.75 Å². The first kappa shape index (κ1) is 19.7. The Kier molecular flexibility index (Phi) is 6.15. The zero-order valence-electron chi connectivity index (χ0n) is 14.8. The Balaban J connectivity index is 2.20. The van der Waals surface area contributed by atoms with Crippen molar-refractivity contribution in [3.05, 3.63) is 59.7 Å². The molecule has 0 aliphatic heterocycles. The molecule has 0 aromatic heterocycles. The molecule has 0 N–H and O–H groups in total. The quantitative estimate of drug-likeness (QED) is 0.545. The lowest BCUT2D eigenvalue weighted by atomic mass is 10.1. The van der Waals surface area contributed by atoms with Gasteiger partial charge in [-0.3, -0.25) is 4.79 Å². The van der Waals surface area contributed by atoms with Gasteiger partial charge in [-0.1, -0.05) is 19.1 Å². The van der Waals surface area contributed by atoms with Crippen LogP contribution >= 0.6 is 0 Å². The topological polar surface area (TPSA) is 86.7 Å². The molecule has 0 saturated heterocycles. The Morgan fingerprint density at radius 1 is 1.04 bits per heavy atom. The van der Waals surface area contributed by atoms with E-state index < -0.39 is 27.7 Å². The van der Waals surface area contributed by atoms with E-state index in [0.29, 0.717) is 11.3 Å². The van der Waals surface area contributed by atoms with Gasteiger partial charge in [0.05, 0.1) is 23.3 Å². The van der Waals surface area contributed by atoms with E-state index in [1.807, 2.05) is 0 Å². The lowest BCUT2D eigenvalue weighted by Gasteiger charge is -2.14. The predicted octanol–water partition coefficient (Wildman–Crippen LogP) is 2.92. The van der Waals surface area contributed by atoms with Crippen molar-refractivity contribution in [3.63, 3.8) is 0 Å². The summed E-state index contributed by atoms with van der Waals surface area (Å²) in [7, 11) is -2.07. The van der Waals surface area contributed by atoms with Crippen LogP contribution in [0.15, 0.2) is 53.4 Å². The highest BCUT2D eigenvalue weighted by atomic mass is 32.2. The number of rotatable bonds is 7. The maximum Gasteiger partial charge on any atom is 0.340 e. The minimum atomic E-state index is -3.59. The van der Waals surface area contributed by atoms with E-state index in [9.17, 15) is 18.0 Å². The second-order valence-electron chi connectivity index (χ2n) is 5.54. The van der Waals surface area contributed by atoms with Gasteiger partial charge in [0.1, 0.15) is 5.75 Å². The molecule has 0 radical (unpaired) electrons. The molecule has 0 saturated carbocycles. The van der Waals surface area contributed by atoms with Gasteiger partial charge in [0.2, 0.25) is 5.78 Å². The van der Waals surface area contributed by atoms with Crippen LogP contribution in [-0.4, -0.2) is 39.1 Å². The molecule has 1 atom stereocenters. The monoisotopic (exact) mass is 376 g/mol. The molecule has 0 amide bonds. The predicted molar refractivity (Wildman–Crippen MR) is 96.4 cm³/mol. The second-order valence-corrected chi connectivity index (χ2v) is 7.79. The van der Waals surface area contributed by atoms with Gasteiger partial charge in [-0.05, 0) is 43.3 Å². The highest BCUT2D eigenvalue weighted by molar-refractivity contribution is 7.91. The molecule has 0 heterocycles. The highest BCUT2D eigenvalue weighted by Gasteiger charge is 2.25. The molecule has 0 unspecified atom stereocenters. The Morgan fingerprint density at radius 3 is 2.23 bits per heavy atom. The van der Waals surface area contributed by atoms with E-state index in [4.69, 9.17) is 9.47 Å². The highest BCUT2D eigenvalue weighted by Crippen LogP contribution is 2.20. The summed E-state index contributed by atoms with van der Waals surface area (Å²) in [4.78, 5) is 24.7. The normalized spacial score (nSPS) is 12.3. The van der Waals surface area contributed by atoms with E-state index in [-0.39, 0.29) is 16.2 Å². The molecule has 138 valence electrons. The van der Waals surface area contributed by atoms with Crippen molar-refractivity contribution in [3.8, 4) is 5.75 Å². The molecule has 6 nitrogen and oxygen atoms in total. The summed E-state index contributed by atoms with van der Waals surface area (Å²) < 4.78 is 34.5. The van der Waals surface area contributed by atoms with Crippen LogP contribution in [0, 0.1) is 0 Å². The van der Waals surface area contributed by atoms with Crippen molar-refractivity contribution in [1.82, 2.24) is 0 Å². The van der Waals surface area contributed by atoms with Crippen molar-refractivity contribution >= 4 is 21.6 Å². The number of methoxy groups -OCH3 is 1. The Morgan fingerprint density at radius 2 is 1.65 bits per heavy atom. The maximum atomic E-state index is 12.4. The number of carbonyl (C=O) groups excluding carboxylic acids is 2. The van der Waals surface area contributed by atoms with Crippen molar-refractivity contribution < 1.29 is 27.5 Å². The molecule has 2 rings (SSSR count). The van der Waals surface area contributed by atoms with Gasteiger partial charge in [-0.15, -0.1) is 0 Å². The van der Waals surface area contributed by atoms with E-state index in [1.54, 1.807) is 30.3 Å². The number of hydrogen-bond acceptors (Lipinski definition) is 6. The lowest BCUT2D eigenvalue weighted by Crippen LogP contribution is -2.25. The molecule has 0 bridgehead atoms. The van der Waals surface area contributed by atoms with Crippen LogP contribution < -0.4 is 4.74 Å². The summed E-state index contributed by atoms with van der Waals surface area (Å²) in [5, 5.41) is 0. The van der Waals surface area contributed by atoms with Crippen molar-refractivity contribution in [2.24, 2.45) is 0 Å². The number of ketones is 1. The first-order valence-corrected chi connectivity index (χ1v) is 9.66. The van der Waals surface area contributed by atoms with Gasteiger partial charge in [0.15, 0.2) is 15.9 Å². The first-order valence-electron chi connectivity index (χ1n) is 8.01. The first-order chi connectivity index (χ1) is 12.3. The fraction of sp³-hybridized carbons (Fsp3) is 0.263. The number of benzene rings is 2. The molecule has 7 heteroatoms. The van der Waals surface area contributed by atoms with Crippen LogP contribution in [0.4, 0.5) is 0 Å². The summed E-state index contributed by atoms with van der Waals surface area (Å²) in [6.45, 7) is 2.94. The van der Waals surface area contributed by atoms with Gasteiger partial charge in [0, 0.05) is 5.56 Å². The molecule has 0 aliphatic carbocycles. The van der Waals surface area contributed by atoms with Gasteiger partial charge >= 0.3 is 5.97 Å². The van der Waals surface area contributed by atoms with Crippen LogP contribution in [0.3, 0.4) is 0 Å². The van der Waals surface area contributed by atoms with Crippen LogP contribution in [0.2, 0.25) is 0 Å². The largest absolute Gasteiger partial charge is 0.497 e. The van der Waals surface area contributed by atoms with Crippen molar-refractivity contribution in [2.75, 3.05) is 12.9 Å². The summed E-state index contributed by atoms with van der Waals surface area (Å²) >= 11 is 0. The van der Waals surface area contributed by atoms with Crippen molar-refractivity contribution in [2.45, 2.75) is 24.8 Å². The summed E-state index contributed by atoms with van der Waals surface area (Å²) in [5.74, 6) is -0.786. The molecule has 2 aromatic carbocycles. The third-order valence-corrected chi connectivity index (χ3v) is 5.64. The molecule has 0 fully saturated rings. The average Bonchev–Trinajstić information content (AvgIpc) is 2.67. The van der Waals surface area contributed by atoms with Gasteiger partial charge in [-0.2, -0.15) is 0 Å². The minimum Gasteiger partial charge on any atom is -0.497 e. The Hall–Kier alpha value is -2.67. The molecule has 0 spiro atoms. The van der Waals surface area contributed by atoms with Crippen molar-refractivity contribution in [1.29, 1.82) is 0 Å². The number of ether oxygens (including phenoxy) is 2.